The van der Waals surface area contributed by atoms with Gasteiger partial charge in [-0.3, -0.25) is 9.88 Å². The third-order valence-electron chi connectivity index (χ3n) is 3.38. The van der Waals surface area contributed by atoms with Crippen molar-refractivity contribution in [1.82, 2.24) is 14.2 Å². The van der Waals surface area contributed by atoms with Gasteiger partial charge in [0.2, 0.25) is 10.0 Å². The molecule has 2 heterocycles. The molecule has 1 aliphatic rings. The van der Waals surface area contributed by atoms with E-state index in [-0.39, 0.29) is 0 Å². The number of piperazine rings is 1. The number of aromatic nitrogens is 1. The van der Waals surface area contributed by atoms with Gasteiger partial charge in [-0.15, -0.1) is 0 Å². The average Bonchev–Trinajstić information content (AvgIpc) is 2.39. The van der Waals surface area contributed by atoms with Gasteiger partial charge in [0.15, 0.2) is 0 Å². The summed E-state index contributed by atoms with van der Waals surface area (Å²) in [5, 5.41) is 3.27. The van der Waals surface area contributed by atoms with E-state index in [4.69, 9.17) is 0 Å². The molecule has 0 spiro atoms. The maximum atomic E-state index is 11.5. The smallest absolute Gasteiger partial charge is 0.211 e. The van der Waals surface area contributed by atoms with Crippen LogP contribution in [0.15, 0.2) is 18.3 Å². The first-order valence-corrected chi connectivity index (χ1v) is 8.70. The molecule has 1 fully saturated rings. The SMILES string of the molecule is CCNc1ccnc(CN2CCN(S(C)(=O)=O)CC2)c1. The van der Waals surface area contributed by atoms with Crippen molar-refractivity contribution in [2.45, 2.75) is 13.5 Å². The molecule has 2 rings (SSSR count). The van der Waals surface area contributed by atoms with Gasteiger partial charge >= 0.3 is 0 Å². The topological polar surface area (TPSA) is 65.5 Å². The molecule has 0 aliphatic carbocycles. The minimum atomic E-state index is -3.06. The van der Waals surface area contributed by atoms with E-state index in [1.54, 1.807) is 6.20 Å². The fourth-order valence-corrected chi connectivity index (χ4v) is 3.15. The Kier molecular flexibility index (Phi) is 4.95. The Balaban J connectivity index is 1.91. The highest BCUT2D eigenvalue weighted by molar-refractivity contribution is 7.88. The zero-order valence-electron chi connectivity index (χ0n) is 12.0. The van der Waals surface area contributed by atoms with E-state index in [0.29, 0.717) is 13.1 Å². The summed E-state index contributed by atoms with van der Waals surface area (Å²) < 4.78 is 24.4. The summed E-state index contributed by atoms with van der Waals surface area (Å²) >= 11 is 0. The highest BCUT2D eigenvalue weighted by atomic mass is 32.2. The Morgan fingerprint density at radius 2 is 2.00 bits per heavy atom. The predicted molar refractivity (Wildman–Crippen MR) is 80.1 cm³/mol. The number of nitrogens with zero attached hydrogens (tertiary/aromatic N) is 3. The third-order valence-corrected chi connectivity index (χ3v) is 4.69. The van der Waals surface area contributed by atoms with Gasteiger partial charge in [-0.25, -0.2) is 8.42 Å². The number of anilines is 1. The zero-order valence-corrected chi connectivity index (χ0v) is 12.9. The maximum Gasteiger partial charge on any atom is 0.211 e. The van der Waals surface area contributed by atoms with E-state index in [1.807, 2.05) is 12.1 Å². The van der Waals surface area contributed by atoms with Gasteiger partial charge in [0.1, 0.15) is 0 Å². The number of nitrogens with one attached hydrogen (secondary N) is 1. The Labute approximate surface area is 120 Å². The van der Waals surface area contributed by atoms with Crippen molar-refractivity contribution in [3.05, 3.63) is 24.0 Å². The first kappa shape index (κ1) is 15.2. The molecule has 1 N–H and O–H groups in total. The summed E-state index contributed by atoms with van der Waals surface area (Å²) in [5.41, 5.74) is 2.09. The molecule has 0 saturated carbocycles. The van der Waals surface area contributed by atoms with E-state index in [9.17, 15) is 8.42 Å². The molecule has 0 amide bonds. The molecule has 0 radical (unpaired) electrons. The number of rotatable bonds is 5. The van der Waals surface area contributed by atoms with Crippen molar-refractivity contribution in [1.29, 1.82) is 0 Å². The molecule has 7 heteroatoms. The summed E-state index contributed by atoms with van der Waals surface area (Å²) in [5.74, 6) is 0. The van der Waals surface area contributed by atoms with Crippen LogP contribution in [0.5, 0.6) is 0 Å². The number of hydrogen-bond acceptors (Lipinski definition) is 5. The van der Waals surface area contributed by atoms with Gasteiger partial charge < -0.3 is 5.32 Å². The second kappa shape index (κ2) is 6.51. The Bertz CT molecular complexity index is 539. The molecule has 0 aromatic carbocycles. The molecule has 1 aromatic heterocycles. The van der Waals surface area contributed by atoms with Gasteiger partial charge in [0.25, 0.3) is 0 Å². The quantitative estimate of drug-likeness (QED) is 0.862. The lowest BCUT2D eigenvalue weighted by Crippen LogP contribution is -2.47. The van der Waals surface area contributed by atoms with Crippen molar-refractivity contribution in [3.63, 3.8) is 0 Å². The van der Waals surface area contributed by atoms with Crippen LogP contribution in [-0.4, -0.2) is 61.6 Å². The summed E-state index contributed by atoms with van der Waals surface area (Å²) in [6.07, 6.45) is 3.07. The van der Waals surface area contributed by atoms with E-state index in [1.165, 1.54) is 10.6 Å². The monoisotopic (exact) mass is 298 g/mol. The molecule has 112 valence electrons. The minimum absolute atomic E-state index is 0.561. The Hall–Kier alpha value is -1.18. The Morgan fingerprint density at radius 1 is 1.30 bits per heavy atom. The number of sulfonamides is 1. The summed E-state index contributed by atoms with van der Waals surface area (Å²) in [7, 11) is -3.06. The normalized spacial score (nSPS) is 18.1. The van der Waals surface area contributed by atoms with Gasteiger partial charge in [0.05, 0.1) is 11.9 Å². The van der Waals surface area contributed by atoms with Crippen LogP contribution in [0, 0.1) is 0 Å². The third kappa shape index (κ3) is 4.16. The van der Waals surface area contributed by atoms with Crippen molar-refractivity contribution in [2.75, 3.05) is 44.3 Å². The lowest BCUT2D eigenvalue weighted by molar-refractivity contribution is 0.180. The largest absolute Gasteiger partial charge is 0.385 e. The van der Waals surface area contributed by atoms with Crippen LogP contribution in [0.25, 0.3) is 0 Å². The molecular formula is C13H22N4O2S. The molecule has 6 nitrogen and oxygen atoms in total. The van der Waals surface area contributed by atoms with Gasteiger partial charge in [-0.2, -0.15) is 4.31 Å². The molecule has 1 aromatic rings. The highest BCUT2D eigenvalue weighted by Crippen LogP contribution is 2.12. The summed E-state index contributed by atoms with van der Waals surface area (Å²) in [6.45, 7) is 6.33. The highest BCUT2D eigenvalue weighted by Gasteiger charge is 2.23. The van der Waals surface area contributed by atoms with Crippen LogP contribution in [-0.2, 0) is 16.6 Å². The fourth-order valence-electron chi connectivity index (χ4n) is 2.33. The van der Waals surface area contributed by atoms with Crippen LogP contribution >= 0.6 is 0 Å². The minimum Gasteiger partial charge on any atom is -0.385 e. The summed E-state index contributed by atoms with van der Waals surface area (Å²) in [4.78, 5) is 6.61. The zero-order chi connectivity index (χ0) is 14.6. The fraction of sp³-hybridized carbons (Fsp3) is 0.615. The molecule has 1 aliphatic heterocycles. The second-order valence-corrected chi connectivity index (χ2v) is 6.99. The van der Waals surface area contributed by atoms with Crippen LogP contribution in [0.4, 0.5) is 5.69 Å². The lowest BCUT2D eigenvalue weighted by Gasteiger charge is -2.32. The van der Waals surface area contributed by atoms with Crippen LogP contribution in [0.2, 0.25) is 0 Å². The van der Waals surface area contributed by atoms with E-state index in [2.05, 4.69) is 22.1 Å². The first-order valence-electron chi connectivity index (χ1n) is 6.85. The maximum absolute atomic E-state index is 11.5. The molecule has 0 atom stereocenters. The van der Waals surface area contributed by atoms with E-state index < -0.39 is 10.0 Å². The average molecular weight is 298 g/mol. The molecular weight excluding hydrogens is 276 g/mol. The van der Waals surface area contributed by atoms with Gasteiger partial charge in [0, 0.05) is 51.2 Å². The summed E-state index contributed by atoms with van der Waals surface area (Å²) in [6, 6.07) is 4.00. The van der Waals surface area contributed by atoms with Gasteiger partial charge in [-0.1, -0.05) is 0 Å². The first-order chi connectivity index (χ1) is 9.49. The van der Waals surface area contributed by atoms with E-state index >= 15 is 0 Å². The number of pyridine rings is 1. The molecule has 1 saturated heterocycles. The van der Waals surface area contributed by atoms with Crippen molar-refractivity contribution in [3.8, 4) is 0 Å². The number of hydrogen-bond donors (Lipinski definition) is 1. The van der Waals surface area contributed by atoms with Gasteiger partial charge in [-0.05, 0) is 19.1 Å². The predicted octanol–water partition coefficient (Wildman–Crippen LogP) is 0.591. The second-order valence-electron chi connectivity index (χ2n) is 5.00. The van der Waals surface area contributed by atoms with Crippen LogP contribution in [0.1, 0.15) is 12.6 Å². The van der Waals surface area contributed by atoms with Crippen LogP contribution in [0.3, 0.4) is 0 Å². The molecule has 20 heavy (non-hydrogen) atoms. The van der Waals surface area contributed by atoms with Crippen LogP contribution < -0.4 is 5.32 Å². The lowest BCUT2D eigenvalue weighted by atomic mass is 10.2. The van der Waals surface area contributed by atoms with E-state index in [0.717, 1.165) is 37.6 Å². The van der Waals surface area contributed by atoms with Crippen molar-refractivity contribution >= 4 is 15.7 Å². The molecule has 0 bridgehead atoms. The Morgan fingerprint density at radius 3 is 2.60 bits per heavy atom. The molecule has 0 unspecified atom stereocenters. The van der Waals surface area contributed by atoms with Crippen molar-refractivity contribution in [2.24, 2.45) is 0 Å². The van der Waals surface area contributed by atoms with Crippen molar-refractivity contribution < 1.29 is 8.42 Å². The standard InChI is InChI=1S/C13H22N4O2S/c1-3-14-12-4-5-15-13(10-12)11-16-6-8-17(9-7-16)20(2,18)19/h4-5,10H,3,6-9,11H2,1-2H3,(H,14,15).